The summed E-state index contributed by atoms with van der Waals surface area (Å²) in [5.41, 5.74) is 6.83. The molecule has 4 aromatic carbocycles. The largest absolute Gasteiger partial charge is 0.369 e. The molecule has 2 aliphatic rings. The highest BCUT2D eigenvalue weighted by atomic mass is 32.2. The SMILES string of the molecule is c1ccc(C(SCCCCCCCCN2CCN(c3ccc(N4CCNCC4)cc3)CC2)(c2ccccc2)c2ccccc2)cc1. The summed E-state index contributed by atoms with van der Waals surface area (Å²) in [5, 5.41) is 3.45. The third-order valence-corrected chi connectivity index (χ3v) is 11.4. The van der Waals surface area contributed by atoms with E-state index in [0.717, 1.165) is 45.0 Å². The van der Waals surface area contributed by atoms with Crippen molar-refractivity contribution in [2.75, 3.05) is 74.5 Å². The maximum Gasteiger partial charge on any atom is 0.0906 e. The first-order valence-electron chi connectivity index (χ1n) is 17.7. The minimum Gasteiger partial charge on any atom is -0.369 e. The summed E-state index contributed by atoms with van der Waals surface area (Å²) < 4.78 is -0.192. The average Bonchev–Trinajstić information content (AvgIpc) is 3.14. The van der Waals surface area contributed by atoms with Crippen molar-refractivity contribution in [1.29, 1.82) is 0 Å². The second-order valence-corrected chi connectivity index (χ2v) is 14.1. The zero-order valence-corrected chi connectivity index (χ0v) is 28.3. The molecule has 0 radical (unpaired) electrons. The van der Waals surface area contributed by atoms with Crippen molar-refractivity contribution in [3.63, 3.8) is 0 Å². The number of nitrogens with zero attached hydrogens (tertiary/aromatic N) is 3. The first kappa shape index (κ1) is 32.7. The molecule has 46 heavy (non-hydrogen) atoms. The van der Waals surface area contributed by atoms with E-state index in [1.807, 2.05) is 0 Å². The molecule has 0 spiro atoms. The molecule has 0 saturated carbocycles. The van der Waals surface area contributed by atoms with Crippen LogP contribution in [-0.4, -0.2) is 69.6 Å². The Morgan fingerprint density at radius 3 is 1.41 bits per heavy atom. The molecule has 0 bridgehead atoms. The van der Waals surface area contributed by atoms with Crippen molar-refractivity contribution in [3.8, 4) is 0 Å². The molecule has 2 aliphatic heterocycles. The second kappa shape index (κ2) is 17.1. The Bertz CT molecular complexity index is 1300. The van der Waals surface area contributed by atoms with Crippen LogP contribution >= 0.6 is 11.8 Å². The summed E-state index contributed by atoms with van der Waals surface area (Å²) >= 11 is 2.11. The van der Waals surface area contributed by atoms with E-state index in [-0.39, 0.29) is 4.75 Å². The van der Waals surface area contributed by atoms with Gasteiger partial charge < -0.3 is 15.1 Å². The van der Waals surface area contributed by atoms with Crippen LogP contribution < -0.4 is 15.1 Å². The van der Waals surface area contributed by atoms with Crippen molar-refractivity contribution in [2.24, 2.45) is 0 Å². The lowest BCUT2D eigenvalue weighted by molar-refractivity contribution is 0.252. The Hall–Kier alpha value is -3.25. The zero-order chi connectivity index (χ0) is 31.3. The molecule has 5 heteroatoms. The molecule has 0 unspecified atom stereocenters. The lowest BCUT2D eigenvalue weighted by Crippen LogP contribution is -2.46. The van der Waals surface area contributed by atoms with Gasteiger partial charge in [0.1, 0.15) is 0 Å². The van der Waals surface area contributed by atoms with Gasteiger partial charge in [-0.2, -0.15) is 0 Å². The Morgan fingerprint density at radius 1 is 0.478 bits per heavy atom. The van der Waals surface area contributed by atoms with Crippen LogP contribution in [0.2, 0.25) is 0 Å². The van der Waals surface area contributed by atoms with E-state index in [2.05, 4.69) is 147 Å². The van der Waals surface area contributed by atoms with Gasteiger partial charge in [-0.1, -0.05) is 117 Å². The highest BCUT2D eigenvalue weighted by molar-refractivity contribution is 8.00. The fraction of sp³-hybridized carbons (Fsp3) is 0.415. The van der Waals surface area contributed by atoms with Gasteiger partial charge in [0.2, 0.25) is 0 Å². The number of hydrogen-bond donors (Lipinski definition) is 1. The molecule has 2 heterocycles. The molecule has 6 rings (SSSR count). The fourth-order valence-corrected chi connectivity index (χ4v) is 8.73. The molecule has 4 aromatic rings. The van der Waals surface area contributed by atoms with Gasteiger partial charge in [-0.05, 0) is 66.1 Å². The van der Waals surface area contributed by atoms with Crippen LogP contribution in [0.3, 0.4) is 0 Å². The Morgan fingerprint density at radius 2 is 0.913 bits per heavy atom. The molecule has 242 valence electrons. The highest BCUT2D eigenvalue weighted by Crippen LogP contribution is 2.48. The average molecular weight is 633 g/mol. The normalized spacial score (nSPS) is 16.1. The lowest BCUT2D eigenvalue weighted by Gasteiger charge is -2.36. The molecular weight excluding hydrogens is 581 g/mol. The fourth-order valence-electron chi connectivity index (χ4n) is 7.17. The summed E-state index contributed by atoms with van der Waals surface area (Å²) in [6.45, 7) is 10.3. The maximum absolute atomic E-state index is 3.45. The molecule has 0 aliphatic carbocycles. The van der Waals surface area contributed by atoms with Gasteiger partial charge in [0, 0.05) is 63.7 Å². The van der Waals surface area contributed by atoms with Gasteiger partial charge in [-0.3, -0.25) is 4.90 Å². The van der Waals surface area contributed by atoms with Crippen LogP contribution in [0.4, 0.5) is 11.4 Å². The van der Waals surface area contributed by atoms with E-state index >= 15 is 0 Å². The lowest BCUT2D eigenvalue weighted by atomic mass is 9.84. The van der Waals surface area contributed by atoms with Gasteiger partial charge >= 0.3 is 0 Å². The molecule has 0 amide bonds. The third-order valence-electron chi connectivity index (χ3n) is 9.80. The van der Waals surface area contributed by atoms with Crippen LogP contribution in [0, 0.1) is 0 Å². The van der Waals surface area contributed by atoms with E-state index in [4.69, 9.17) is 0 Å². The summed E-state index contributed by atoms with van der Waals surface area (Å²) in [6, 6.07) is 42.6. The zero-order valence-electron chi connectivity index (χ0n) is 27.5. The molecule has 4 nitrogen and oxygen atoms in total. The number of hydrogen-bond acceptors (Lipinski definition) is 5. The Labute approximate surface area is 282 Å². The minimum atomic E-state index is -0.192. The van der Waals surface area contributed by atoms with Gasteiger partial charge in [0.25, 0.3) is 0 Å². The summed E-state index contributed by atoms with van der Waals surface area (Å²) in [7, 11) is 0. The van der Waals surface area contributed by atoms with E-state index in [0.29, 0.717) is 0 Å². The van der Waals surface area contributed by atoms with Crippen LogP contribution in [0.15, 0.2) is 115 Å². The summed E-state index contributed by atoms with van der Waals surface area (Å²) in [6.07, 6.45) is 7.94. The number of piperazine rings is 2. The van der Waals surface area contributed by atoms with Crippen LogP contribution in [0.5, 0.6) is 0 Å². The molecule has 2 fully saturated rings. The van der Waals surface area contributed by atoms with Crippen molar-refractivity contribution in [3.05, 3.63) is 132 Å². The first-order chi connectivity index (χ1) is 22.8. The number of unbranched alkanes of at least 4 members (excludes halogenated alkanes) is 5. The summed E-state index contributed by atoms with van der Waals surface area (Å²) in [4.78, 5) is 7.74. The van der Waals surface area contributed by atoms with Crippen molar-refractivity contribution < 1.29 is 0 Å². The minimum absolute atomic E-state index is 0.192. The number of nitrogens with one attached hydrogen (secondary N) is 1. The molecule has 0 aromatic heterocycles. The number of thioether (sulfide) groups is 1. The van der Waals surface area contributed by atoms with Gasteiger partial charge in [-0.25, -0.2) is 0 Å². The van der Waals surface area contributed by atoms with Crippen LogP contribution in [0.1, 0.15) is 55.2 Å². The molecular formula is C41H52N4S. The van der Waals surface area contributed by atoms with E-state index in [9.17, 15) is 0 Å². The van der Waals surface area contributed by atoms with Gasteiger partial charge in [0.05, 0.1) is 4.75 Å². The number of rotatable bonds is 15. The maximum atomic E-state index is 3.45. The molecule has 1 N–H and O–H groups in total. The van der Waals surface area contributed by atoms with E-state index < -0.39 is 0 Å². The van der Waals surface area contributed by atoms with Gasteiger partial charge in [-0.15, -0.1) is 11.8 Å². The molecule has 2 saturated heterocycles. The predicted octanol–water partition coefficient (Wildman–Crippen LogP) is 8.28. The van der Waals surface area contributed by atoms with Crippen molar-refractivity contribution in [1.82, 2.24) is 10.2 Å². The molecule has 0 atom stereocenters. The quantitative estimate of drug-likeness (QED) is 0.105. The standard InChI is InChI=1S/C41H52N4S/c1(3-14-28-43-31-33-45(34-32-43)40-24-22-39(23-25-40)44-29-26-42-27-30-44)2-4-15-35-46-41(36-16-8-5-9-17-36,37-18-10-6-11-19-37)38-20-12-7-13-21-38/h5-13,16-25,42H,1-4,14-15,26-35H2. The summed E-state index contributed by atoms with van der Waals surface area (Å²) in [5.74, 6) is 1.15. The topological polar surface area (TPSA) is 21.8 Å². The monoisotopic (exact) mass is 632 g/mol. The van der Waals surface area contributed by atoms with Crippen molar-refractivity contribution >= 4 is 23.1 Å². The smallest absolute Gasteiger partial charge is 0.0906 e. The van der Waals surface area contributed by atoms with Gasteiger partial charge in [0.15, 0.2) is 0 Å². The number of anilines is 2. The Kier molecular flexibility index (Phi) is 12.1. The van der Waals surface area contributed by atoms with Crippen LogP contribution in [-0.2, 0) is 4.75 Å². The second-order valence-electron chi connectivity index (χ2n) is 12.8. The Balaban J connectivity index is 0.900. The van der Waals surface area contributed by atoms with E-state index in [1.54, 1.807) is 0 Å². The highest BCUT2D eigenvalue weighted by Gasteiger charge is 2.36. The van der Waals surface area contributed by atoms with E-state index in [1.165, 1.54) is 86.2 Å². The number of benzene rings is 4. The van der Waals surface area contributed by atoms with Crippen LogP contribution in [0.25, 0.3) is 0 Å². The third kappa shape index (κ3) is 8.36. The predicted molar refractivity (Wildman–Crippen MR) is 200 cm³/mol. The van der Waals surface area contributed by atoms with Crippen molar-refractivity contribution in [2.45, 2.75) is 43.3 Å². The first-order valence-corrected chi connectivity index (χ1v) is 18.6.